The molecule has 6 nitrogen and oxygen atoms in total. The lowest BCUT2D eigenvalue weighted by Gasteiger charge is -2.43. The molecular formula is C28H33NO5Si. The van der Waals surface area contributed by atoms with Crippen LogP contribution in [0.25, 0.3) is 0 Å². The molecule has 0 radical (unpaired) electrons. The number of ether oxygens (including phenoxy) is 2. The molecule has 3 atom stereocenters. The van der Waals surface area contributed by atoms with Gasteiger partial charge in [0.2, 0.25) is 0 Å². The SMILES string of the molecule is CC(C)(C)[Si](OC[C@@H]1OC2(C[C@@H]1O)Cn1c(C=O)ccc1CO2)(c1ccccc1)c1ccccc1. The lowest BCUT2D eigenvalue weighted by atomic mass is 10.1. The van der Waals surface area contributed by atoms with Crippen molar-refractivity contribution >= 4 is 25.0 Å². The van der Waals surface area contributed by atoms with Gasteiger partial charge in [-0.05, 0) is 27.5 Å². The van der Waals surface area contributed by atoms with Crippen LogP contribution in [-0.2, 0) is 27.1 Å². The number of hydrogen-bond acceptors (Lipinski definition) is 5. The van der Waals surface area contributed by atoms with E-state index in [-0.39, 0.29) is 11.6 Å². The smallest absolute Gasteiger partial charge is 0.261 e. The van der Waals surface area contributed by atoms with E-state index < -0.39 is 26.3 Å². The second-order valence-corrected chi connectivity index (χ2v) is 14.9. The van der Waals surface area contributed by atoms with Crippen LogP contribution in [0.3, 0.4) is 0 Å². The fraction of sp³-hybridized carbons (Fsp3) is 0.393. The van der Waals surface area contributed by atoms with E-state index in [1.807, 2.05) is 22.8 Å². The van der Waals surface area contributed by atoms with Crippen LogP contribution >= 0.6 is 0 Å². The van der Waals surface area contributed by atoms with E-state index in [9.17, 15) is 9.90 Å². The molecule has 1 spiro atoms. The summed E-state index contributed by atoms with van der Waals surface area (Å²) in [6, 6.07) is 24.5. The molecule has 1 N–H and O–H groups in total. The fourth-order valence-electron chi connectivity index (χ4n) is 5.60. The zero-order valence-corrected chi connectivity index (χ0v) is 21.5. The van der Waals surface area contributed by atoms with Crippen LogP contribution in [0.2, 0.25) is 5.04 Å². The van der Waals surface area contributed by atoms with Crippen molar-refractivity contribution in [3.8, 4) is 0 Å². The number of aliphatic hydroxyl groups excluding tert-OH is 1. The molecule has 35 heavy (non-hydrogen) atoms. The predicted molar refractivity (Wildman–Crippen MR) is 136 cm³/mol. The molecule has 1 unspecified atom stereocenters. The first-order valence-electron chi connectivity index (χ1n) is 12.2. The number of fused-ring (bicyclic) bond motifs is 1. The summed E-state index contributed by atoms with van der Waals surface area (Å²) in [7, 11) is -2.75. The molecule has 0 amide bonds. The maximum absolute atomic E-state index is 11.5. The van der Waals surface area contributed by atoms with E-state index in [1.54, 1.807) is 6.07 Å². The van der Waals surface area contributed by atoms with Gasteiger partial charge in [-0.2, -0.15) is 0 Å². The summed E-state index contributed by atoms with van der Waals surface area (Å²) in [5.74, 6) is -0.970. The fourth-order valence-corrected chi connectivity index (χ4v) is 10.2. The third-order valence-corrected chi connectivity index (χ3v) is 12.3. The molecule has 2 aromatic carbocycles. The maximum atomic E-state index is 11.5. The Balaban J connectivity index is 1.44. The highest BCUT2D eigenvalue weighted by atomic mass is 28.4. The highest BCUT2D eigenvalue weighted by Gasteiger charge is 2.53. The Hall–Kier alpha value is -2.55. The van der Waals surface area contributed by atoms with Gasteiger partial charge in [0.1, 0.15) is 6.10 Å². The number of rotatable bonds is 6. The van der Waals surface area contributed by atoms with E-state index >= 15 is 0 Å². The average Bonchev–Trinajstić information content (AvgIpc) is 3.39. The topological polar surface area (TPSA) is 69.9 Å². The Morgan fingerprint density at radius 2 is 1.69 bits per heavy atom. The highest BCUT2D eigenvalue weighted by molar-refractivity contribution is 6.99. The van der Waals surface area contributed by atoms with Crippen LogP contribution in [0.15, 0.2) is 72.8 Å². The molecule has 1 aromatic heterocycles. The van der Waals surface area contributed by atoms with E-state index in [1.165, 1.54) is 10.4 Å². The standard InChI is InChI=1S/C28H33NO5Si/c1-27(2,3)35(23-10-6-4-7-11-23,24-12-8-5-9-13-24)33-19-26-25(31)16-28(34-26)20-29-21(17-30)14-15-22(29)18-32-28/h4-15,17,25-26,31H,16,18-20H2,1-3H3/t25-,26-,28?/m0/s1. The van der Waals surface area contributed by atoms with Crippen LogP contribution < -0.4 is 10.4 Å². The van der Waals surface area contributed by atoms with Gasteiger partial charge in [-0.3, -0.25) is 4.79 Å². The Kier molecular flexibility index (Phi) is 6.31. The summed E-state index contributed by atoms with van der Waals surface area (Å²) in [4.78, 5) is 11.5. The van der Waals surface area contributed by atoms with Gasteiger partial charge < -0.3 is 23.6 Å². The minimum absolute atomic E-state index is 0.169. The monoisotopic (exact) mass is 491 g/mol. The summed E-state index contributed by atoms with van der Waals surface area (Å²) < 4.78 is 21.4. The van der Waals surface area contributed by atoms with Crippen LogP contribution in [0.5, 0.6) is 0 Å². The molecule has 3 aromatic rings. The molecular weight excluding hydrogens is 458 g/mol. The number of carbonyl (C=O) groups is 1. The molecule has 2 aliphatic rings. The number of carbonyl (C=O) groups excluding carboxylic acids is 1. The third kappa shape index (κ3) is 4.21. The first-order chi connectivity index (χ1) is 16.8. The summed E-state index contributed by atoms with van der Waals surface area (Å²) in [5.41, 5.74) is 1.52. The van der Waals surface area contributed by atoms with Crippen molar-refractivity contribution < 1.29 is 23.8 Å². The van der Waals surface area contributed by atoms with Crippen LogP contribution in [0.4, 0.5) is 0 Å². The maximum Gasteiger partial charge on any atom is 0.261 e. The minimum atomic E-state index is -2.75. The number of aldehydes is 1. The predicted octanol–water partition coefficient (Wildman–Crippen LogP) is 3.25. The van der Waals surface area contributed by atoms with Crippen molar-refractivity contribution in [3.63, 3.8) is 0 Å². The Morgan fingerprint density at radius 1 is 1.06 bits per heavy atom. The lowest BCUT2D eigenvalue weighted by Crippen LogP contribution is -2.67. The second-order valence-electron chi connectivity index (χ2n) is 10.6. The van der Waals surface area contributed by atoms with Gasteiger partial charge >= 0.3 is 0 Å². The van der Waals surface area contributed by atoms with E-state index in [0.717, 1.165) is 12.0 Å². The Bertz CT molecular complexity index is 1130. The van der Waals surface area contributed by atoms with Gasteiger partial charge in [0.25, 0.3) is 8.32 Å². The number of hydrogen-bond donors (Lipinski definition) is 1. The summed E-state index contributed by atoms with van der Waals surface area (Å²) in [6.45, 7) is 7.64. The van der Waals surface area contributed by atoms with E-state index in [2.05, 4.69) is 69.3 Å². The van der Waals surface area contributed by atoms with Crippen LogP contribution in [0, 0.1) is 0 Å². The molecule has 184 valence electrons. The largest absolute Gasteiger partial charge is 0.405 e. The van der Waals surface area contributed by atoms with Gasteiger partial charge in [-0.25, -0.2) is 0 Å². The van der Waals surface area contributed by atoms with E-state index in [4.69, 9.17) is 13.9 Å². The molecule has 1 fully saturated rings. The molecule has 2 aliphatic heterocycles. The summed E-state index contributed by atoms with van der Waals surface area (Å²) in [5, 5.41) is 13.2. The summed E-state index contributed by atoms with van der Waals surface area (Å²) >= 11 is 0. The molecule has 5 rings (SSSR count). The van der Waals surface area contributed by atoms with Crippen LogP contribution in [-0.4, -0.2) is 48.9 Å². The molecule has 1 saturated heterocycles. The van der Waals surface area contributed by atoms with Crippen molar-refractivity contribution in [1.29, 1.82) is 0 Å². The second kappa shape index (κ2) is 9.15. The highest BCUT2D eigenvalue weighted by Crippen LogP contribution is 2.40. The van der Waals surface area contributed by atoms with Crippen molar-refractivity contribution in [2.24, 2.45) is 0 Å². The molecule has 0 saturated carbocycles. The Morgan fingerprint density at radius 3 is 2.26 bits per heavy atom. The average molecular weight is 492 g/mol. The number of aromatic nitrogens is 1. The van der Waals surface area contributed by atoms with Crippen molar-refractivity contribution in [2.45, 2.75) is 63.4 Å². The normalized spacial score (nSPS) is 24.5. The minimum Gasteiger partial charge on any atom is -0.405 e. The zero-order chi connectivity index (χ0) is 24.7. The van der Waals surface area contributed by atoms with E-state index in [0.29, 0.717) is 25.3 Å². The summed E-state index contributed by atoms with van der Waals surface area (Å²) in [6.07, 6.45) is -0.0895. The quantitative estimate of drug-likeness (QED) is 0.424. The molecule has 0 bridgehead atoms. The van der Waals surface area contributed by atoms with Gasteiger partial charge in [-0.15, -0.1) is 0 Å². The van der Waals surface area contributed by atoms with Gasteiger partial charge in [0.15, 0.2) is 12.1 Å². The number of benzene rings is 2. The molecule has 3 heterocycles. The molecule has 0 aliphatic carbocycles. The van der Waals surface area contributed by atoms with Gasteiger partial charge in [0.05, 0.1) is 31.6 Å². The first kappa shape index (κ1) is 24.2. The van der Waals surface area contributed by atoms with Crippen molar-refractivity contribution in [1.82, 2.24) is 4.57 Å². The zero-order valence-electron chi connectivity index (χ0n) is 20.5. The van der Waals surface area contributed by atoms with Crippen molar-refractivity contribution in [2.75, 3.05) is 6.61 Å². The van der Waals surface area contributed by atoms with Gasteiger partial charge in [-0.1, -0.05) is 81.4 Å². The lowest BCUT2D eigenvalue weighted by molar-refractivity contribution is -0.254. The number of nitrogens with zero attached hydrogens (tertiary/aromatic N) is 1. The van der Waals surface area contributed by atoms with Gasteiger partial charge in [0, 0.05) is 12.1 Å². The van der Waals surface area contributed by atoms with Crippen molar-refractivity contribution in [3.05, 3.63) is 84.2 Å². The third-order valence-electron chi connectivity index (χ3n) is 7.30. The van der Waals surface area contributed by atoms with Crippen LogP contribution in [0.1, 0.15) is 43.4 Å². The first-order valence-corrected chi connectivity index (χ1v) is 14.1. The Labute approximate surface area is 207 Å². The number of aliphatic hydroxyl groups is 1. The molecule has 7 heteroatoms.